The second kappa shape index (κ2) is 5.47. The lowest BCUT2D eigenvalue weighted by Gasteiger charge is -2.08. The molecule has 3 N–H and O–H groups in total. The van der Waals surface area contributed by atoms with Crippen LogP contribution in [0.15, 0.2) is 23.2 Å². The van der Waals surface area contributed by atoms with Gasteiger partial charge >= 0.3 is 0 Å². The average molecular weight is 315 g/mol. The summed E-state index contributed by atoms with van der Waals surface area (Å²) in [6, 6.07) is 2.21. The Morgan fingerprint density at radius 2 is 2.10 bits per heavy atom. The van der Waals surface area contributed by atoms with Gasteiger partial charge in [-0.05, 0) is 26.0 Å². The highest BCUT2D eigenvalue weighted by atomic mass is 32.2. The second-order valence-corrected chi connectivity index (χ2v) is 7.38. The molecule has 0 spiro atoms. The molecule has 8 heteroatoms. The van der Waals surface area contributed by atoms with Gasteiger partial charge < -0.3 is 5.73 Å². The molecule has 2 aromatic rings. The van der Waals surface area contributed by atoms with E-state index in [-0.39, 0.29) is 22.7 Å². The number of nitrogen functional groups attached to an aromatic ring is 1. The highest BCUT2D eigenvalue weighted by Crippen LogP contribution is 2.21. The lowest BCUT2D eigenvalue weighted by atomic mass is 10.2. The summed E-state index contributed by atoms with van der Waals surface area (Å²) < 4.78 is 40.1. The van der Waals surface area contributed by atoms with Crippen LogP contribution in [-0.4, -0.2) is 13.4 Å². The van der Waals surface area contributed by atoms with Crippen LogP contribution in [0.4, 0.5) is 10.1 Å². The van der Waals surface area contributed by atoms with Crippen molar-refractivity contribution < 1.29 is 12.8 Å². The average Bonchev–Trinajstić information content (AvgIpc) is 2.79. The molecular formula is C12H14FN3O2S2. The number of rotatable bonds is 4. The highest BCUT2D eigenvalue weighted by molar-refractivity contribution is 7.89. The summed E-state index contributed by atoms with van der Waals surface area (Å²) >= 11 is 1.40. The van der Waals surface area contributed by atoms with Crippen molar-refractivity contribution in [2.75, 3.05) is 5.73 Å². The molecule has 0 amide bonds. The van der Waals surface area contributed by atoms with Crippen molar-refractivity contribution in [3.05, 3.63) is 39.6 Å². The Balaban J connectivity index is 2.22. The number of nitrogens with two attached hydrogens (primary N) is 1. The van der Waals surface area contributed by atoms with E-state index in [2.05, 4.69) is 9.71 Å². The molecular weight excluding hydrogens is 301 g/mol. The Morgan fingerprint density at radius 1 is 1.40 bits per heavy atom. The number of hydrogen-bond acceptors (Lipinski definition) is 5. The number of anilines is 1. The molecule has 0 radical (unpaired) electrons. The summed E-state index contributed by atoms with van der Waals surface area (Å²) in [6.45, 7) is 3.44. The summed E-state index contributed by atoms with van der Waals surface area (Å²) in [4.78, 5) is 4.64. The zero-order valence-corrected chi connectivity index (χ0v) is 12.6. The number of thiazole rings is 1. The third-order valence-electron chi connectivity index (χ3n) is 2.77. The van der Waals surface area contributed by atoms with E-state index in [0.29, 0.717) is 0 Å². The van der Waals surface area contributed by atoms with Crippen LogP contribution in [0.2, 0.25) is 0 Å². The summed E-state index contributed by atoms with van der Waals surface area (Å²) in [5.41, 5.74) is 5.94. The summed E-state index contributed by atoms with van der Waals surface area (Å²) in [5.74, 6) is -0.640. The molecule has 2 rings (SSSR count). The van der Waals surface area contributed by atoms with E-state index in [0.717, 1.165) is 16.0 Å². The maximum absolute atomic E-state index is 13.6. The van der Waals surface area contributed by atoms with Gasteiger partial charge in [-0.3, -0.25) is 0 Å². The van der Waals surface area contributed by atoms with Crippen LogP contribution >= 0.6 is 11.3 Å². The van der Waals surface area contributed by atoms with Crippen molar-refractivity contribution in [1.29, 1.82) is 0 Å². The lowest BCUT2D eigenvalue weighted by Crippen LogP contribution is -2.23. The van der Waals surface area contributed by atoms with Crippen molar-refractivity contribution in [2.45, 2.75) is 25.3 Å². The van der Waals surface area contributed by atoms with Gasteiger partial charge in [0, 0.05) is 28.9 Å². The monoisotopic (exact) mass is 315 g/mol. The fourth-order valence-electron chi connectivity index (χ4n) is 1.57. The molecule has 108 valence electrons. The van der Waals surface area contributed by atoms with E-state index < -0.39 is 15.8 Å². The maximum atomic E-state index is 13.6. The van der Waals surface area contributed by atoms with Gasteiger partial charge in [0.2, 0.25) is 10.0 Å². The van der Waals surface area contributed by atoms with Crippen molar-refractivity contribution in [1.82, 2.24) is 9.71 Å². The molecule has 0 aliphatic carbocycles. The molecule has 1 heterocycles. The van der Waals surface area contributed by atoms with Gasteiger partial charge in [-0.1, -0.05) is 0 Å². The molecule has 20 heavy (non-hydrogen) atoms. The Morgan fingerprint density at radius 3 is 2.65 bits per heavy atom. The molecule has 0 saturated carbocycles. The van der Waals surface area contributed by atoms with Gasteiger partial charge in [0.05, 0.1) is 9.90 Å². The van der Waals surface area contributed by atoms with E-state index in [1.165, 1.54) is 24.3 Å². The molecule has 0 aliphatic rings. The van der Waals surface area contributed by atoms with Crippen LogP contribution in [0.25, 0.3) is 0 Å². The molecule has 0 fully saturated rings. The van der Waals surface area contributed by atoms with E-state index in [1.54, 1.807) is 6.20 Å². The van der Waals surface area contributed by atoms with Crippen LogP contribution in [0.3, 0.4) is 0 Å². The van der Waals surface area contributed by atoms with Gasteiger partial charge in [-0.15, -0.1) is 11.3 Å². The quantitative estimate of drug-likeness (QED) is 0.845. The van der Waals surface area contributed by atoms with E-state index in [4.69, 9.17) is 5.73 Å². The van der Waals surface area contributed by atoms with Crippen LogP contribution in [-0.2, 0) is 16.6 Å². The van der Waals surface area contributed by atoms with Gasteiger partial charge in [-0.25, -0.2) is 22.5 Å². The first-order chi connectivity index (χ1) is 9.29. The minimum Gasteiger partial charge on any atom is -0.398 e. The van der Waals surface area contributed by atoms with Gasteiger partial charge in [0.25, 0.3) is 0 Å². The third-order valence-corrected chi connectivity index (χ3v) is 5.07. The minimum absolute atomic E-state index is 0.110. The van der Waals surface area contributed by atoms with Crippen LogP contribution in [0.1, 0.15) is 15.4 Å². The molecule has 1 aromatic heterocycles. The molecule has 0 aliphatic heterocycles. The first-order valence-electron chi connectivity index (χ1n) is 5.76. The predicted octanol–water partition coefficient (Wildman–Crippen LogP) is 1.96. The summed E-state index contributed by atoms with van der Waals surface area (Å²) in [6.07, 6.45) is 1.60. The first-order valence-corrected chi connectivity index (χ1v) is 8.06. The summed E-state index contributed by atoms with van der Waals surface area (Å²) in [5, 5.41) is 0.852. The standard InChI is InChI=1S/C12H14FN3O2S2/c1-7-11(13)3-10(4-12(7)14)20(17,18)16-6-9-5-15-8(2)19-9/h3-5,16H,6,14H2,1-2H3. The Bertz CT molecular complexity index is 718. The number of benzene rings is 1. The second-order valence-electron chi connectivity index (χ2n) is 4.29. The summed E-state index contributed by atoms with van der Waals surface area (Å²) in [7, 11) is -3.80. The smallest absolute Gasteiger partial charge is 0.241 e. The number of hydrogen-bond donors (Lipinski definition) is 2. The minimum atomic E-state index is -3.80. The Hall–Kier alpha value is -1.51. The molecule has 1 aromatic carbocycles. The Kier molecular flexibility index (Phi) is 4.07. The van der Waals surface area contributed by atoms with E-state index in [9.17, 15) is 12.8 Å². The van der Waals surface area contributed by atoms with Gasteiger partial charge in [0.15, 0.2) is 0 Å². The van der Waals surface area contributed by atoms with E-state index in [1.807, 2.05) is 6.92 Å². The molecule has 5 nitrogen and oxygen atoms in total. The number of aromatic nitrogens is 1. The fourth-order valence-corrected chi connectivity index (χ4v) is 3.44. The highest BCUT2D eigenvalue weighted by Gasteiger charge is 2.17. The van der Waals surface area contributed by atoms with Gasteiger partial charge in [-0.2, -0.15) is 0 Å². The van der Waals surface area contributed by atoms with E-state index >= 15 is 0 Å². The van der Waals surface area contributed by atoms with Crippen molar-refractivity contribution in [2.24, 2.45) is 0 Å². The SMILES string of the molecule is Cc1ncc(CNS(=O)(=O)c2cc(N)c(C)c(F)c2)s1. The first kappa shape index (κ1) is 14.9. The largest absolute Gasteiger partial charge is 0.398 e. The molecule has 0 atom stereocenters. The fraction of sp³-hybridized carbons (Fsp3) is 0.250. The zero-order chi connectivity index (χ0) is 14.9. The van der Waals surface area contributed by atoms with Gasteiger partial charge in [0.1, 0.15) is 5.82 Å². The number of halogens is 1. The zero-order valence-electron chi connectivity index (χ0n) is 11.0. The predicted molar refractivity (Wildman–Crippen MR) is 76.4 cm³/mol. The van der Waals surface area contributed by atoms with Crippen LogP contribution < -0.4 is 10.5 Å². The third kappa shape index (κ3) is 3.14. The maximum Gasteiger partial charge on any atom is 0.241 e. The van der Waals surface area contributed by atoms with Crippen molar-refractivity contribution in [3.63, 3.8) is 0 Å². The normalized spacial score (nSPS) is 11.8. The lowest BCUT2D eigenvalue weighted by molar-refractivity contribution is 0.577. The van der Waals surface area contributed by atoms with Crippen molar-refractivity contribution in [3.8, 4) is 0 Å². The number of nitrogens with one attached hydrogen (secondary N) is 1. The number of sulfonamides is 1. The molecule has 0 bridgehead atoms. The van der Waals surface area contributed by atoms with Crippen molar-refractivity contribution >= 4 is 27.0 Å². The topological polar surface area (TPSA) is 85.1 Å². The van der Waals surface area contributed by atoms with Crippen LogP contribution in [0.5, 0.6) is 0 Å². The number of nitrogens with zero attached hydrogens (tertiary/aromatic N) is 1. The number of aryl methyl sites for hydroxylation is 1. The molecule has 0 unspecified atom stereocenters. The Labute approximate surface area is 120 Å². The molecule has 0 saturated heterocycles. The van der Waals surface area contributed by atoms with Crippen LogP contribution in [0, 0.1) is 19.7 Å².